The quantitative estimate of drug-likeness (QED) is 0.235. The van der Waals surface area contributed by atoms with E-state index in [9.17, 15) is 33.2 Å². The van der Waals surface area contributed by atoms with Crippen LogP contribution >= 0.6 is 23.2 Å². The number of aliphatic carboxylic acids is 1. The van der Waals surface area contributed by atoms with Crippen LogP contribution in [0.15, 0.2) is 65.8 Å². The molecule has 3 aromatic rings. The zero-order valence-electron chi connectivity index (χ0n) is 24.3. The first-order valence-corrected chi connectivity index (χ1v) is 16.7. The number of carboxylic acid groups (broad SMARTS) is 1. The molecule has 2 fully saturated rings. The van der Waals surface area contributed by atoms with Crippen molar-refractivity contribution >= 4 is 56.7 Å². The number of carbonyl (C=O) groups excluding carboxylic acids is 2. The Kier molecular flexibility index (Phi) is 10.2. The number of amides is 2. The highest BCUT2D eigenvalue weighted by atomic mass is 35.5. The van der Waals surface area contributed by atoms with Gasteiger partial charge in [-0.15, -0.1) is 0 Å². The van der Waals surface area contributed by atoms with Crippen LogP contribution in [0.3, 0.4) is 0 Å². The van der Waals surface area contributed by atoms with E-state index in [0.29, 0.717) is 11.3 Å². The SMILES string of the molecule is N#Cc1cccc(S(=O)(=O)N2CC(NC3CCC3)C[C@H]2C(=O)N[C@@H](Cc2ccc(NC(=O)c3c(Cl)cncc3Cl)cc2)C(=O)O)c1. The number of anilines is 1. The maximum absolute atomic E-state index is 13.7. The number of nitriles is 1. The molecule has 2 aliphatic rings. The Hall–Kier alpha value is -4.06. The molecule has 1 aromatic heterocycles. The Morgan fingerprint density at radius 3 is 2.37 bits per heavy atom. The lowest BCUT2D eigenvalue weighted by Crippen LogP contribution is -2.51. The summed E-state index contributed by atoms with van der Waals surface area (Å²) in [7, 11) is -4.20. The van der Waals surface area contributed by atoms with E-state index in [1.165, 1.54) is 36.7 Å². The van der Waals surface area contributed by atoms with Crippen molar-refractivity contribution in [2.75, 3.05) is 11.9 Å². The van der Waals surface area contributed by atoms with E-state index in [0.717, 1.165) is 23.6 Å². The average molecular weight is 686 g/mol. The summed E-state index contributed by atoms with van der Waals surface area (Å²) >= 11 is 12.1. The van der Waals surface area contributed by atoms with Crippen LogP contribution in [0.1, 0.15) is 47.2 Å². The van der Waals surface area contributed by atoms with E-state index in [1.807, 2.05) is 6.07 Å². The molecule has 1 aliphatic carbocycles. The van der Waals surface area contributed by atoms with Crippen molar-refractivity contribution in [3.05, 3.63) is 87.7 Å². The minimum Gasteiger partial charge on any atom is -0.480 e. The van der Waals surface area contributed by atoms with Gasteiger partial charge in [0, 0.05) is 43.1 Å². The van der Waals surface area contributed by atoms with Crippen LogP contribution < -0.4 is 16.0 Å². The van der Waals surface area contributed by atoms with Crippen LogP contribution in [0.5, 0.6) is 0 Å². The molecular weight excluding hydrogens is 655 g/mol. The minimum absolute atomic E-state index is 0.0224. The topological polar surface area (TPSA) is 182 Å². The molecule has 1 saturated carbocycles. The summed E-state index contributed by atoms with van der Waals surface area (Å²) in [5.41, 5.74) is 1.15. The Morgan fingerprint density at radius 1 is 1.07 bits per heavy atom. The number of benzene rings is 2. The first-order valence-electron chi connectivity index (χ1n) is 14.5. The van der Waals surface area contributed by atoms with Crippen LogP contribution in [0.25, 0.3) is 0 Å². The summed E-state index contributed by atoms with van der Waals surface area (Å²) in [6.45, 7) is 0.0224. The first-order chi connectivity index (χ1) is 22.0. The number of pyridine rings is 1. The van der Waals surface area contributed by atoms with Crippen molar-refractivity contribution in [2.45, 2.75) is 61.2 Å². The predicted octanol–water partition coefficient (Wildman–Crippen LogP) is 3.60. The molecule has 2 amide bonds. The molecule has 1 saturated heterocycles. The van der Waals surface area contributed by atoms with E-state index >= 15 is 0 Å². The number of hydrogen-bond donors (Lipinski definition) is 4. The van der Waals surface area contributed by atoms with Crippen LogP contribution in [-0.2, 0) is 26.0 Å². The molecule has 240 valence electrons. The third kappa shape index (κ3) is 7.49. The van der Waals surface area contributed by atoms with E-state index in [4.69, 9.17) is 23.2 Å². The molecule has 3 atom stereocenters. The summed E-state index contributed by atoms with van der Waals surface area (Å²) < 4.78 is 28.5. The minimum atomic E-state index is -4.20. The summed E-state index contributed by atoms with van der Waals surface area (Å²) in [6.07, 6.45) is 5.62. The number of nitrogens with zero attached hydrogens (tertiary/aromatic N) is 3. The molecule has 15 heteroatoms. The van der Waals surface area contributed by atoms with Gasteiger partial charge in [0.05, 0.1) is 32.1 Å². The number of hydrogen-bond acceptors (Lipinski definition) is 8. The molecule has 12 nitrogen and oxygen atoms in total. The van der Waals surface area contributed by atoms with E-state index in [1.54, 1.807) is 24.3 Å². The Balaban J connectivity index is 1.30. The normalized spacial score (nSPS) is 19.1. The van der Waals surface area contributed by atoms with Gasteiger partial charge < -0.3 is 21.1 Å². The number of aromatic nitrogens is 1. The number of sulfonamides is 1. The Bertz CT molecular complexity index is 1780. The molecule has 1 aliphatic heterocycles. The highest BCUT2D eigenvalue weighted by molar-refractivity contribution is 7.89. The lowest BCUT2D eigenvalue weighted by atomic mass is 9.92. The number of carboxylic acids is 1. The maximum atomic E-state index is 13.7. The van der Waals surface area contributed by atoms with Crippen molar-refractivity contribution in [3.63, 3.8) is 0 Å². The fourth-order valence-electron chi connectivity index (χ4n) is 5.45. The van der Waals surface area contributed by atoms with Crippen molar-refractivity contribution in [3.8, 4) is 6.07 Å². The van der Waals surface area contributed by atoms with Gasteiger partial charge in [0.2, 0.25) is 15.9 Å². The molecule has 1 unspecified atom stereocenters. The van der Waals surface area contributed by atoms with E-state index < -0.39 is 39.9 Å². The molecule has 46 heavy (non-hydrogen) atoms. The summed E-state index contributed by atoms with van der Waals surface area (Å²) in [4.78, 5) is 42.2. The maximum Gasteiger partial charge on any atom is 0.326 e. The van der Waals surface area contributed by atoms with Crippen molar-refractivity contribution in [1.82, 2.24) is 19.9 Å². The van der Waals surface area contributed by atoms with Gasteiger partial charge in [-0.2, -0.15) is 9.57 Å². The lowest BCUT2D eigenvalue weighted by molar-refractivity contribution is -0.142. The second-order valence-corrected chi connectivity index (χ2v) is 13.9. The highest BCUT2D eigenvalue weighted by Gasteiger charge is 2.45. The zero-order valence-corrected chi connectivity index (χ0v) is 26.6. The molecule has 0 spiro atoms. The predicted molar refractivity (Wildman–Crippen MR) is 170 cm³/mol. The van der Waals surface area contributed by atoms with Gasteiger partial charge in [0.15, 0.2) is 0 Å². The summed E-state index contributed by atoms with van der Waals surface area (Å²) in [6, 6.07) is 11.2. The highest BCUT2D eigenvalue weighted by Crippen LogP contribution is 2.30. The summed E-state index contributed by atoms with van der Waals surface area (Å²) in [5, 5.41) is 28.0. The van der Waals surface area contributed by atoms with Gasteiger partial charge in [-0.1, -0.05) is 47.8 Å². The average Bonchev–Trinajstić information content (AvgIpc) is 3.45. The molecular formula is C31H30Cl2N6O6S. The lowest BCUT2D eigenvalue weighted by Gasteiger charge is -2.29. The second kappa shape index (κ2) is 14.1. The number of rotatable bonds is 11. The van der Waals surface area contributed by atoms with Crippen LogP contribution in [0, 0.1) is 11.3 Å². The Morgan fingerprint density at radius 2 is 1.76 bits per heavy atom. The largest absolute Gasteiger partial charge is 0.480 e. The first kappa shape index (κ1) is 33.3. The molecule has 0 bridgehead atoms. The van der Waals surface area contributed by atoms with Crippen LogP contribution in [-0.4, -0.2) is 71.3 Å². The molecule has 5 rings (SSSR count). The Labute approximate surface area is 275 Å². The standard InChI is InChI=1S/C31H30Cl2N6O6S/c32-24-15-35-16-25(33)28(24)30(41)37-21-9-7-18(8-10-21)12-26(31(42)43)38-29(40)27-13-22(36-20-4-2-5-20)17-39(27)46(44,45)23-6-1-3-19(11-23)14-34/h1,3,6-11,15-16,20,22,26-27,36H,2,4-5,12-13,17H2,(H,37,41)(H,38,40)(H,42,43)/t22?,26-,27-/m0/s1. The molecule has 0 radical (unpaired) electrons. The van der Waals surface area contributed by atoms with E-state index in [-0.39, 0.29) is 57.5 Å². The van der Waals surface area contributed by atoms with Gasteiger partial charge >= 0.3 is 5.97 Å². The van der Waals surface area contributed by atoms with Gasteiger partial charge in [0.25, 0.3) is 5.91 Å². The van der Waals surface area contributed by atoms with Crippen molar-refractivity contribution < 1.29 is 27.9 Å². The summed E-state index contributed by atoms with van der Waals surface area (Å²) in [5.74, 6) is -2.59. The zero-order chi connectivity index (χ0) is 33.0. The van der Waals surface area contributed by atoms with Gasteiger partial charge in [-0.3, -0.25) is 14.6 Å². The number of nitrogens with one attached hydrogen (secondary N) is 3. The fraction of sp³-hybridized carbons (Fsp3) is 0.323. The van der Waals surface area contributed by atoms with Crippen LogP contribution in [0.4, 0.5) is 5.69 Å². The van der Waals surface area contributed by atoms with Crippen molar-refractivity contribution in [1.29, 1.82) is 5.26 Å². The third-order valence-corrected chi connectivity index (χ3v) is 10.5. The van der Waals surface area contributed by atoms with Gasteiger partial charge in [-0.05, 0) is 55.2 Å². The smallest absolute Gasteiger partial charge is 0.326 e. The number of carbonyl (C=O) groups is 3. The molecule has 2 aromatic carbocycles. The van der Waals surface area contributed by atoms with Crippen molar-refractivity contribution in [2.24, 2.45) is 0 Å². The van der Waals surface area contributed by atoms with E-state index in [2.05, 4.69) is 20.9 Å². The van der Waals surface area contributed by atoms with Gasteiger partial charge in [0.1, 0.15) is 12.1 Å². The number of halogens is 2. The second-order valence-electron chi connectivity index (χ2n) is 11.2. The monoisotopic (exact) mass is 684 g/mol. The fourth-order valence-corrected chi connectivity index (χ4v) is 7.68. The molecule has 2 heterocycles. The van der Waals surface area contributed by atoms with Gasteiger partial charge in [-0.25, -0.2) is 13.2 Å². The molecule has 4 N–H and O–H groups in total. The third-order valence-electron chi connectivity index (χ3n) is 8.05. The van der Waals surface area contributed by atoms with Crippen LogP contribution in [0.2, 0.25) is 10.0 Å².